The molecule has 0 heterocycles. The Kier molecular flexibility index (Phi) is 5.21. The lowest BCUT2D eigenvalue weighted by Gasteiger charge is -2.12. The molecule has 0 amide bonds. The van der Waals surface area contributed by atoms with Gasteiger partial charge in [-0.2, -0.15) is 5.26 Å². The summed E-state index contributed by atoms with van der Waals surface area (Å²) in [6.45, 7) is 1.24. The van der Waals surface area contributed by atoms with Gasteiger partial charge in [0.05, 0.1) is 16.5 Å². The van der Waals surface area contributed by atoms with Crippen LogP contribution in [0.1, 0.15) is 11.1 Å². The number of benzene rings is 1. The number of methoxy groups -OCH3 is 1. The number of aryl methyl sites for hydroxylation is 1. The first-order valence-corrected chi connectivity index (χ1v) is 7.06. The summed E-state index contributed by atoms with van der Waals surface area (Å²) in [7, 11) is -2.67. The van der Waals surface area contributed by atoms with Gasteiger partial charge in [0, 0.05) is 13.7 Å². The van der Waals surface area contributed by atoms with E-state index in [1.807, 2.05) is 6.07 Å². The lowest BCUT2D eigenvalue weighted by Crippen LogP contribution is -2.37. The summed E-state index contributed by atoms with van der Waals surface area (Å²) in [5.74, 6) is -1.26. The van der Waals surface area contributed by atoms with Crippen molar-refractivity contribution >= 4 is 16.0 Å². The number of carboxylic acids is 1. The molecule has 0 fully saturated rings. The summed E-state index contributed by atoms with van der Waals surface area (Å²) < 4.78 is 30.8. The van der Waals surface area contributed by atoms with E-state index in [0.29, 0.717) is 11.1 Å². The Morgan fingerprint density at radius 2 is 2.20 bits per heavy atom. The van der Waals surface area contributed by atoms with E-state index >= 15 is 0 Å². The molecule has 1 atom stereocenters. The van der Waals surface area contributed by atoms with Gasteiger partial charge in [-0.1, -0.05) is 0 Å². The maximum atomic E-state index is 12.0. The summed E-state index contributed by atoms with van der Waals surface area (Å²) in [4.78, 5) is 10.7. The van der Waals surface area contributed by atoms with Gasteiger partial charge in [0.1, 0.15) is 0 Å². The van der Waals surface area contributed by atoms with E-state index in [0.717, 1.165) is 0 Å². The van der Waals surface area contributed by atoms with E-state index in [1.54, 1.807) is 6.92 Å². The molecule has 8 heteroatoms. The molecule has 1 rings (SSSR count). The number of carboxylic acid groups (broad SMARTS) is 1. The minimum Gasteiger partial charge on any atom is -0.479 e. The molecule has 0 aliphatic heterocycles. The highest BCUT2D eigenvalue weighted by molar-refractivity contribution is 7.89. The minimum atomic E-state index is -3.85. The van der Waals surface area contributed by atoms with E-state index in [4.69, 9.17) is 10.4 Å². The Morgan fingerprint density at radius 3 is 2.65 bits per heavy atom. The van der Waals surface area contributed by atoms with Crippen LogP contribution in [0.5, 0.6) is 0 Å². The second-order valence-electron chi connectivity index (χ2n) is 4.00. The Hall–Kier alpha value is -1.95. The summed E-state index contributed by atoms with van der Waals surface area (Å²) in [6, 6.07) is 5.97. The highest BCUT2D eigenvalue weighted by Gasteiger charge is 2.21. The lowest BCUT2D eigenvalue weighted by molar-refractivity contribution is -0.147. The van der Waals surface area contributed by atoms with Crippen LogP contribution in [0.25, 0.3) is 0 Å². The summed E-state index contributed by atoms with van der Waals surface area (Å²) >= 11 is 0. The van der Waals surface area contributed by atoms with E-state index in [9.17, 15) is 13.2 Å². The van der Waals surface area contributed by atoms with Crippen LogP contribution >= 0.6 is 0 Å². The molecule has 20 heavy (non-hydrogen) atoms. The van der Waals surface area contributed by atoms with Gasteiger partial charge in [0.15, 0.2) is 6.10 Å². The van der Waals surface area contributed by atoms with Gasteiger partial charge < -0.3 is 9.84 Å². The molecule has 0 aliphatic rings. The number of ether oxygens (including phenoxy) is 1. The smallest absolute Gasteiger partial charge is 0.334 e. The van der Waals surface area contributed by atoms with E-state index in [-0.39, 0.29) is 11.4 Å². The number of hydrogen-bond donors (Lipinski definition) is 2. The number of nitrogens with one attached hydrogen (secondary N) is 1. The van der Waals surface area contributed by atoms with Crippen molar-refractivity contribution in [1.29, 1.82) is 5.26 Å². The first-order chi connectivity index (χ1) is 9.31. The summed E-state index contributed by atoms with van der Waals surface area (Å²) in [6.07, 6.45) is -1.26. The number of carbonyl (C=O) groups is 1. The van der Waals surface area contributed by atoms with Crippen LogP contribution in [-0.4, -0.2) is 39.3 Å². The highest BCUT2D eigenvalue weighted by atomic mass is 32.2. The number of nitrogens with zero attached hydrogens (tertiary/aromatic N) is 1. The largest absolute Gasteiger partial charge is 0.479 e. The fourth-order valence-corrected chi connectivity index (χ4v) is 2.59. The fraction of sp³-hybridized carbons (Fsp3) is 0.333. The standard InChI is InChI=1S/C12H14N2O5S/c1-8-5-10(4-3-9(8)6-13)20(17,18)14-7-11(19-2)12(15)16/h3-5,11,14H,7H2,1-2H3,(H,15,16). The number of rotatable bonds is 6. The van der Waals surface area contributed by atoms with E-state index < -0.39 is 22.1 Å². The lowest BCUT2D eigenvalue weighted by atomic mass is 10.1. The van der Waals surface area contributed by atoms with Crippen LogP contribution in [0.3, 0.4) is 0 Å². The monoisotopic (exact) mass is 298 g/mol. The zero-order valence-corrected chi connectivity index (χ0v) is 11.8. The maximum Gasteiger partial charge on any atom is 0.334 e. The van der Waals surface area contributed by atoms with Gasteiger partial charge >= 0.3 is 5.97 Å². The molecule has 7 nitrogen and oxygen atoms in total. The van der Waals surface area contributed by atoms with Crippen molar-refractivity contribution in [3.05, 3.63) is 29.3 Å². The molecule has 2 N–H and O–H groups in total. The van der Waals surface area contributed by atoms with Crippen LogP contribution in [0.2, 0.25) is 0 Å². The highest BCUT2D eigenvalue weighted by Crippen LogP contribution is 2.14. The van der Waals surface area contributed by atoms with Crippen molar-refractivity contribution in [3.63, 3.8) is 0 Å². The fourth-order valence-electron chi connectivity index (χ4n) is 1.47. The molecule has 0 aromatic heterocycles. The average Bonchev–Trinajstić information content (AvgIpc) is 2.38. The quantitative estimate of drug-likeness (QED) is 0.777. The van der Waals surface area contributed by atoms with Gasteiger partial charge in [-0.3, -0.25) is 0 Å². The van der Waals surface area contributed by atoms with Crippen LogP contribution in [0, 0.1) is 18.3 Å². The Morgan fingerprint density at radius 1 is 1.55 bits per heavy atom. The molecule has 0 saturated heterocycles. The third-order valence-corrected chi connectivity index (χ3v) is 4.07. The molecule has 1 unspecified atom stereocenters. The first-order valence-electron chi connectivity index (χ1n) is 5.58. The van der Waals surface area contributed by atoms with Crippen LogP contribution in [0.4, 0.5) is 0 Å². The van der Waals surface area contributed by atoms with Crippen molar-refractivity contribution in [2.24, 2.45) is 0 Å². The Bertz CT molecular complexity index is 648. The van der Waals surface area contributed by atoms with Gasteiger partial charge in [-0.05, 0) is 30.7 Å². The second-order valence-corrected chi connectivity index (χ2v) is 5.77. The van der Waals surface area contributed by atoms with Gasteiger partial charge in [0.2, 0.25) is 10.0 Å². The van der Waals surface area contributed by atoms with E-state index in [2.05, 4.69) is 9.46 Å². The van der Waals surface area contributed by atoms with E-state index in [1.165, 1.54) is 25.3 Å². The molecule has 0 saturated carbocycles. The molecule has 108 valence electrons. The van der Waals surface area contributed by atoms with Crippen molar-refractivity contribution in [3.8, 4) is 6.07 Å². The van der Waals surface area contributed by atoms with Crippen molar-refractivity contribution in [1.82, 2.24) is 4.72 Å². The van der Waals surface area contributed by atoms with Gasteiger partial charge in [-0.15, -0.1) is 0 Å². The predicted molar refractivity (Wildman–Crippen MR) is 69.5 cm³/mol. The molecule has 0 spiro atoms. The van der Waals surface area contributed by atoms with Crippen LogP contribution in [-0.2, 0) is 19.6 Å². The summed E-state index contributed by atoms with van der Waals surface area (Å²) in [5, 5.41) is 17.5. The minimum absolute atomic E-state index is 0.0331. The SMILES string of the molecule is COC(CNS(=O)(=O)c1ccc(C#N)c(C)c1)C(=O)O. The predicted octanol–water partition coefficient (Wildman–Crippen LogP) is 0.245. The first kappa shape index (κ1) is 16.1. The van der Waals surface area contributed by atoms with Crippen molar-refractivity contribution in [2.75, 3.05) is 13.7 Å². The van der Waals surface area contributed by atoms with Gasteiger partial charge in [-0.25, -0.2) is 17.9 Å². The molecule has 1 aromatic carbocycles. The molecule has 0 radical (unpaired) electrons. The maximum absolute atomic E-state index is 12.0. The molecule has 0 aliphatic carbocycles. The molecular formula is C12H14N2O5S. The normalized spacial score (nSPS) is 12.7. The van der Waals surface area contributed by atoms with Crippen LogP contribution < -0.4 is 4.72 Å². The van der Waals surface area contributed by atoms with Crippen molar-refractivity contribution in [2.45, 2.75) is 17.9 Å². The number of nitriles is 1. The zero-order chi connectivity index (χ0) is 15.3. The molecule has 1 aromatic rings. The topological polar surface area (TPSA) is 116 Å². The van der Waals surface area contributed by atoms with Crippen molar-refractivity contribution < 1.29 is 23.1 Å². The molecular weight excluding hydrogens is 284 g/mol. The number of aliphatic carboxylic acids is 1. The van der Waals surface area contributed by atoms with Crippen LogP contribution in [0.15, 0.2) is 23.1 Å². The second kappa shape index (κ2) is 6.47. The zero-order valence-electron chi connectivity index (χ0n) is 11.0. The molecule has 0 bridgehead atoms. The third-order valence-electron chi connectivity index (χ3n) is 2.65. The average molecular weight is 298 g/mol. The van der Waals surface area contributed by atoms with Gasteiger partial charge in [0.25, 0.3) is 0 Å². The Balaban J connectivity index is 2.92. The summed E-state index contributed by atoms with van der Waals surface area (Å²) in [5.41, 5.74) is 0.904. The Labute approximate surface area is 116 Å². The third kappa shape index (κ3) is 3.77. The number of sulfonamides is 1. The number of hydrogen-bond acceptors (Lipinski definition) is 5.